The van der Waals surface area contributed by atoms with Gasteiger partial charge in [-0.15, -0.1) is 0 Å². The van der Waals surface area contributed by atoms with Gasteiger partial charge in [0.25, 0.3) is 0 Å². The molecule has 2 rings (SSSR count). The molecule has 0 amide bonds. The van der Waals surface area contributed by atoms with Gasteiger partial charge in [-0.25, -0.2) is 0 Å². The monoisotopic (exact) mass is 305 g/mol. The van der Waals surface area contributed by atoms with Crippen LogP contribution in [0.25, 0.3) is 0 Å². The Bertz CT molecular complexity index is 493. The summed E-state index contributed by atoms with van der Waals surface area (Å²) in [6.45, 7) is 0.886. The molecule has 0 spiro atoms. The summed E-state index contributed by atoms with van der Waals surface area (Å²) in [5.74, 6) is 1.05. The minimum atomic E-state index is -4.35. The molecular weight excluding hydrogens is 287 g/mol. The van der Waals surface area contributed by atoms with E-state index in [4.69, 9.17) is 9.47 Å². The van der Waals surface area contributed by atoms with Crippen molar-refractivity contribution in [1.82, 2.24) is 5.32 Å². The summed E-state index contributed by atoms with van der Waals surface area (Å²) < 4.78 is 48.1. The van der Waals surface area contributed by atoms with Gasteiger partial charge in [0.1, 0.15) is 0 Å². The van der Waals surface area contributed by atoms with Crippen molar-refractivity contribution in [1.29, 1.82) is 0 Å². The third-order valence-corrected chi connectivity index (χ3v) is 3.38. The van der Waals surface area contributed by atoms with Crippen LogP contribution in [0, 0.1) is 0 Å². The third kappa shape index (κ3) is 4.01. The number of benzene rings is 1. The maximum atomic E-state index is 12.4. The second-order valence-corrected chi connectivity index (χ2v) is 5.17. The van der Waals surface area contributed by atoms with Crippen molar-refractivity contribution in [2.45, 2.75) is 25.1 Å². The first kappa shape index (κ1) is 15.9. The van der Waals surface area contributed by atoms with Crippen molar-refractivity contribution < 1.29 is 27.8 Å². The lowest BCUT2D eigenvalue weighted by Crippen LogP contribution is -2.47. The van der Waals surface area contributed by atoms with E-state index in [2.05, 4.69) is 5.32 Å². The summed E-state index contributed by atoms with van der Waals surface area (Å²) >= 11 is 0. The Labute approximate surface area is 120 Å². The number of nitrogens with one attached hydrogen (secondary N) is 1. The zero-order chi connectivity index (χ0) is 15.5. The molecule has 1 unspecified atom stereocenters. The molecule has 0 aromatic heterocycles. The van der Waals surface area contributed by atoms with Crippen molar-refractivity contribution in [3.05, 3.63) is 23.8 Å². The van der Waals surface area contributed by atoms with Gasteiger partial charge in [-0.2, -0.15) is 13.2 Å². The summed E-state index contributed by atoms with van der Waals surface area (Å²) in [5, 5.41) is 11.8. The Morgan fingerprint density at radius 1 is 1.19 bits per heavy atom. The van der Waals surface area contributed by atoms with Crippen LogP contribution in [0.2, 0.25) is 0 Å². The minimum Gasteiger partial charge on any atom is -0.490 e. The van der Waals surface area contributed by atoms with Gasteiger partial charge < -0.3 is 14.6 Å². The average molecular weight is 305 g/mol. The number of hydrogen-bond acceptors (Lipinski definition) is 4. The van der Waals surface area contributed by atoms with Gasteiger partial charge in [0.05, 0.1) is 31.9 Å². The number of aliphatic hydroxyl groups is 1. The fourth-order valence-electron chi connectivity index (χ4n) is 2.05. The predicted octanol–water partition coefficient (Wildman–Crippen LogP) is 2.21. The first-order valence-corrected chi connectivity index (χ1v) is 6.67. The van der Waals surface area contributed by atoms with E-state index < -0.39 is 24.9 Å². The predicted molar refractivity (Wildman–Crippen MR) is 70.5 cm³/mol. The van der Waals surface area contributed by atoms with E-state index in [0.29, 0.717) is 30.3 Å². The van der Waals surface area contributed by atoms with Crippen molar-refractivity contribution in [3.63, 3.8) is 0 Å². The van der Waals surface area contributed by atoms with Crippen molar-refractivity contribution in [3.8, 4) is 11.5 Å². The molecule has 0 fully saturated rings. The van der Waals surface area contributed by atoms with Crippen LogP contribution in [0.1, 0.15) is 18.9 Å². The van der Waals surface area contributed by atoms with Gasteiger partial charge in [0.15, 0.2) is 11.5 Å². The Morgan fingerprint density at radius 2 is 1.86 bits per heavy atom. The molecule has 4 nitrogen and oxygen atoms in total. The number of fused-ring (bicyclic) bond motifs is 1. The van der Waals surface area contributed by atoms with Crippen LogP contribution in [-0.2, 0) is 5.54 Å². The number of ether oxygens (including phenoxy) is 2. The zero-order valence-electron chi connectivity index (χ0n) is 11.7. The Balaban J connectivity index is 2.23. The molecule has 21 heavy (non-hydrogen) atoms. The molecule has 1 aliphatic heterocycles. The number of alkyl halides is 3. The molecule has 1 aromatic carbocycles. The van der Waals surface area contributed by atoms with Crippen LogP contribution in [0.3, 0.4) is 0 Å². The first-order valence-electron chi connectivity index (χ1n) is 6.67. The standard InChI is InChI=1S/C14H18F3NO3/c1-13(9-19,18-8-14(15,16)17)10-3-4-11-12(7-10)21-6-2-5-20-11/h3-4,7,18-19H,2,5-6,8-9H2,1H3. The molecule has 0 bridgehead atoms. The third-order valence-electron chi connectivity index (χ3n) is 3.38. The van der Waals surface area contributed by atoms with Gasteiger partial charge >= 0.3 is 6.18 Å². The SMILES string of the molecule is CC(CO)(NCC(F)(F)F)c1ccc2c(c1)OCCCO2. The maximum absolute atomic E-state index is 12.4. The number of rotatable bonds is 4. The zero-order valence-corrected chi connectivity index (χ0v) is 11.7. The quantitative estimate of drug-likeness (QED) is 0.895. The van der Waals surface area contributed by atoms with Crippen molar-refractivity contribution in [2.24, 2.45) is 0 Å². The molecule has 0 aliphatic carbocycles. The summed E-state index contributed by atoms with van der Waals surface area (Å²) in [6.07, 6.45) is -3.60. The van der Waals surface area contributed by atoms with Crippen molar-refractivity contribution in [2.75, 3.05) is 26.4 Å². The van der Waals surface area contributed by atoms with Crippen LogP contribution >= 0.6 is 0 Å². The van der Waals surface area contributed by atoms with E-state index in [1.807, 2.05) is 0 Å². The molecule has 118 valence electrons. The highest BCUT2D eigenvalue weighted by Crippen LogP contribution is 2.34. The summed E-state index contributed by atoms with van der Waals surface area (Å²) in [5.41, 5.74) is -0.696. The Hall–Kier alpha value is -1.47. The lowest BCUT2D eigenvalue weighted by Gasteiger charge is -2.30. The molecule has 0 saturated heterocycles. The Morgan fingerprint density at radius 3 is 2.48 bits per heavy atom. The molecular formula is C14H18F3NO3. The van der Waals surface area contributed by atoms with Gasteiger partial charge in [-0.1, -0.05) is 6.07 Å². The van der Waals surface area contributed by atoms with Crippen LogP contribution in [-0.4, -0.2) is 37.6 Å². The minimum absolute atomic E-state index is 0.470. The lowest BCUT2D eigenvalue weighted by atomic mass is 9.92. The smallest absolute Gasteiger partial charge is 0.401 e. The first-order chi connectivity index (χ1) is 9.84. The highest BCUT2D eigenvalue weighted by Gasteiger charge is 2.34. The number of hydrogen-bond donors (Lipinski definition) is 2. The molecule has 2 N–H and O–H groups in total. The molecule has 0 radical (unpaired) electrons. The van der Waals surface area contributed by atoms with Crippen LogP contribution in [0.15, 0.2) is 18.2 Å². The van der Waals surface area contributed by atoms with E-state index in [9.17, 15) is 18.3 Å². The largest absolute Gasteiger partial charge is 0.490 e. The fraction of sp³-hybridized carbons (Fsp3) is 0.571. The van der Waals surface area contributed by atoms with E-state index >= 15 is 0 Å². The van der Waals surface area contributed by atoms with Crippen LogP contribution in [0.4, 0.5) is 13.2 Å². The normalized spacial score (nSPS) is 18.0. The van der Waals surface area contributed by atoms with E-state index in [0.717, 1.165) is 6.42 Å². The van der Waals surface area contributed by atoms with E-state index in [-0.39, 0.29) is 0 Å². The highest BCUT2D eigenvalue weighted by molar-refractivity contribution is 5.45. The molecule has 1 aromatic rings. The number of halogens is 3. The Kier molecular flexibility index (Phi) is 4.63. The van der Waals surface area contributed by atoms with Crippen LogP contribution in [0.5, 0.6) is 11.5 Å². The topological polar surface area (TPSA) is 50.7 Å². The average Bonchev–Trinajstić information content (AvgIpc) is 2.68. The molecule has 1 atom stereocenters. The molecule has 7 heteroatoms. The second-order valence-electron chi connectivity index (χ2n) is 5.17. The van der Waals surface area contributed by atoms with Crippen LogP contribution < -0.4 is 14.8 Å². The molecule has 0 saturated carbocycles. The van der Waals surface area contributed by atoms with E-state index in [1.165, 1.54) is 6.92 Å². The van der Waals surface area contributed by atoms with E-state index in [1.54, 1.807) is 18.2 Å². The van der Waals surface area contributed by atoms with Gasteiger partial charge in [0, 0.05) is 6.42 Å². The second kappa shape index (κ2) is 6.11. The van der Waals surface area contributed by atoms with Gasteiger partial charge in [-0.05, 0) is 24.6 Å². The van der Waals surface area contributed by atoms with Crippen molar-refractivity contribution >= 4 is 0 Å². The summed E-state index contributed by atoms with van der Waals surface area (Å²) in [7, 11) is 0. The molecule has 1 aliphatic rings. The summed E-state index contributed by atoms with van der Waals surface area (Å²) in [6, 6.07) is 4.90. The number of aliphatic hydroxyl groups excluding tert-OH is 1. The molecule has 1 heterocycles. The maximum Gasteiger partial charge on any atom is 0.401 e. The lowest BCUT2D eigenvalue weighted by molar-refractivity contribution is -0.129. The summed E-state index contributed by atoms with van der Waals surface area (Å²) in [4.78, 5) is 0. The van der Waals surface area contributed by atoms with Gasteiger partial charge in [-0.3, -0.25) is 5.32 Å². The highest BCUT2D eigenvalue weighted by atomic mass is 19.4. The fourth-order valence-corrected chi connectivity index (χ4v) is 2.05. The van der Waals surface area contributed by atoms with Gasteiger partial charge in [0.2, 0.25) is 0 Å².